The van der Waals surface area contributed by atoms with E-state index < -0.39 is 0 Å². The quantitative estimate of drug-likeness (QED) is 0.323. The number of anilines is 1. The Labute approximate surface area is 246 Å². The van der Waals surface area contributed by atoms with Crippen LogP contribution in [0.3, 0.4) is 0 Å². The van der Waals surface area contributed by atoms with Gasteiger partial charge in [0.15, 0.2) is 5.76 Å². The van der Waals surface area contributed by atoms with Gasteiger partial charge in [-0.15, -0.1) is 0 Å². The average molecular weight is 595 g/mol. The van der Waals surface area contributed by atoms with Crippen molar-refractivity contribution in [3.63, 3.8) is 0 Å². The molecule has 0 fully saturated rings. The van der Waals surface area contributed by atoms with E-state index in [1.807, 2.05) is 20.8 Å². The molecule has 2 aromatic heterocycles. The third-order valence-corrected chi connectivity index (χ3v) is 7.81. The molecule has 3 heterocycles. The van der Waals surface area contributed by atoms with Crippen LogP contribution in [-0.2, 0) is 13.0 Å². The molecule has 0 saturated heterocycles. The zero-order valence-electron chi connectivity index (χ0n) is 22.9. The molecule has 2 aromatic carbocycles. The Bertz CT molecular complexity index is 1700. The number of aryl methyl sites for hydroxylation is 1. The number of nitrogens with one attached hydrogen (secondary N) is 2. The minimum atomic E-state index is -0.381. The van der Waals surface area contributed by atoms with Crippen LogP contribution in [0.1, 0.15) is 63.3 Å². The van der Waals surface area contributed by atoms with E-state index >= 15 is 0 Å². The molecule has 0 saturated carbocycles. The fourth-order valence-electron chi connectivity index (χ4n) is 4.82. The normalized spacial score (nSPS) is 15.3. The minimum absolute atomic E-state index is 0.131. The summed E-state index contributed by atoms with van der Waals surface area (Å²) in [4.78, 5) is 46.1. The number of halogens is 2. The van der Waals surface area contributed by atoms with Crippen LogP contribution in [0.15, 0.2) is 57.8 Å². The van der Waals surface area contributed by atoms with E-state index in [2.05, 4.69) is 15.8 Å². The lowest BCUT2D eigenvalue weighted by molar-refractivity contribution is 0.0653. The molecule has 41 heavy (non-hydrogen) atoms. The Hall–Kier alpha value is -4.15. The van der Waals surface area contributed by atoms with Gasteiger partial charge in [0.1, 0.15) is 0 Å². The highest BCUT2D eigenvalue weighted by Gasteiger charge is 2.32. The molecule has 0 spiro atoms. The van der Waals surface area contributed by atoms with E-state index in [0.717, 1.165) is 5.69 Å². The molecule has 0 radical (unpaired) electrons. The van der Waals surface area contributed by atoms with Crippen LogP contribution >= 0.6 is 23.2 Å². The second-order valence-electron chi connectivity index (χ2n) is 9.98. The van der Waals surface area contributed by atoms with Crippen LogP contribution < -0.4 is 16.2 Å². The summed E-state index contributed by atoms with van der Waals surface area (Å²) in [5.41, 5.74) is 2.85. The van der Waals surface area contributed by atoms with E-state index in [-0.39, 0.29) is 47.0 Å². The highest BCUT2D eigenvalue weighted by Crippen LogP contribution is 2.28. The third kappa shape index (κ3) is 5.57. The van der Waals surface area contributed by atoms with Crippen molar-refractivity contribution in [1.82, 2.24) is 24.9 Å². The van der Waals surface area contributed by atoms with Crippen LogP contribution in [0.25, 0.3) is 5.69 Å². The van der Waals surface area contributed by atoms with Gasteiger partial charge in [-0.2, -0.15) is 0 Å². The third-order valence-electron chi connectivity index (χ3n) is 7.07. The Kier molecular flexibility index (Phi) is 7.88. The van der Waals surface area contributed by atoms with Crippen molar-refractivity contribution < 1.29 is 14.1 Å². The molecule has 0 bridgehead atoms. The Morgan fingerprint density at radius 2 is 1.78 bits per heavy atom. The van der Waals surface area contributed by atoms with Crippen molar-refractivity contribution >= 4 is 41.0 Å². The van der Waals surface area contributed by atoms with Gasteiger partial charge in [-0.1, -0.05) is 28.4 Å². The molecule has 2 N–H and O–H groups in total. The van der Waals surface area contributed by atoms with E-state index in [0.29, 0.717) is 45.3 Å². The standard InChI is InChI=1S/C29H28Cl2N6O4/c1-15-11-25(41-35-15)17(3)33-29-34-24-14-36(27(39)19-7-10-22(30)23(31)13-19)16(2)12-21(24)28(40)37(29)20-8-5-18(6-9-20)26(38)32-4/h5-11,13,16-17H,12,14H2,1-4H3,(H,32,38)(H,33,34)/t16-,17-/m1/s1. The van der Waals surface area contributed by atoms with Gasteiger partial charge in [-0.3, -0.25) is 14.4 Å². The van der Waals surface area contributed by atoms with E-state index in [9.17, 15) is 14.4 Å². The van der Waals surface area contributed by atoms with Gasteiger partial charge in [-0.05, 0) is 69.7 Å². The summed E-state index contributed by atoms with van der Waals surface area (Å²) in [6.45, 7) is 5.71. The van der Waals surface area contributed by atoms with E-state index in [1.165, 1.54) is 10.6 Å². The number of amides is 2. The lowest BCUT2D eigenvalue weighted by Crippen LogP contribution is -2.46. The highest BCUT2D eigenvalue weighted by molar-refractivity contribution is 6.42. The molecule has 5 rings (SSSR count). The molecule has 0 aliphatic carbocycles. The topological polar surface area (TPSA) is 122 Å². The summed E-state index contributed by atoms with van der Waals surface area (Å²) in [5, 5.41) is 10.5. The first-order chi connectivity index (χ1) is 19.6. The van der Waals surface area contributed by atoms with Crippen LogP contribution in [0.5, 0.6) is 0 Å². The van der Waals surface area contributed by atoms with Crippen molar-refractivity contribution in [1.29, 1.82) is 0 Å². The van der Waals surface area contributed by atoms with Gasteiger partial charge in [0.2, 0.25) is 5.95 Å². The largest absolute Gasteiger partial charge is 0.359 e. The van der Waals surface area contributed by atoms with Crippen LogP contribution in [0.2, 0.25) is 10.0 Å². The van der Waals surface area contributed by atoms with Gasteiger partial charge in [-0.25, -0.2) is 9.55 Å². The maximum Gasteiger partial charge on any atom is 0.263 e. The summed E-state index contributed by atoms with van der Waals surface area (Å²) in [6.07, 6.45) is 0.307. The molecule has 10 nitrogen and oxygen atoms in total. The first kappa shape index (κ1) is 28.4. The van der Waals surface area contributed by atoms with Crippen LogP contribution in [0, 0.1) is 6.92 Å². The molecule has 212 valence electrons. The lowest BCUT2D eigenvalue weighted by atomic mass is 9.98. The zero-order valence-corrected chi connectivity index (χ0v) is 24.4. The number of aromatic nitrogens is 3. The van der Waals surface area contributed by atoms with Crippen molar-refractivity contribution in [3.05, 3.63) is 103 Å². The van der Waals surface area contributed by atoms with Gasteiger partial charge < -0.3 is 20.1 Å². The number of fused-ring (bicyclic) bond motifs is 1. The van der Waals surface area contributed by atoms with Crippen molar-refractivity contribution in [2.45, 2.75) is 45.8 Å². The first-order valence-corrected chi connectivity index (χ1v) is 13.8. The van der Waals surface area contributed by atoms with Crippen molar-refractivity contribution in [2.24, 2.45) is 0 Å². The monoisotopic (exact) mass is 594 g/mol. The van der Waals surface area contributed by atoms with E-state index in [1.54, 1.807) is 54.4 Å². The molecular weight excluding hydrogens is 567 g/mol. The van der Waals surface area contributed by atoms with E-state index in [4.69, 9.17) is 32.7 Å². The molecule has 1 aliphatic rings. The highest BCUT2D eigenvalue weighted by atomic mass is 35.5. The van der Waals surface area contributed by atoms with Gasteiger partial charge in [0.25, 0.3) is 17.4 Å². The van der Waals surface area contributed by atoms with Gasteiger partial charge in [0, 0.05) is 35.8 Å². The predicted molar refractivity (Wildman–Crippen MR) is 156 cm³/mol. The Balaban J connectivity index is 1.57. The molecule has 1 aliphatic heterocycles. The Morgan fingerprint density at radius 1 is 1.07 bits per heavy atom. The molecule has 2 atom stereocenters. The number of rotatable bonds is 6. The minimum Gasteiger partial charge on any atom is -0.359 e. The number of nitrogens with zero attached hydrogens (tertiary/aromatic N) is 4. The maximum absolute atomic E-state index is 14.0. The Morgan fingerprint density at radius 3 is 2.41 bits per heavy atom. The zero-order chi connectivity index (χ0) is 29.4. The fraction of sp³-hybridized carbons (Fsp3) is 0.276. The molecule has 12 heteroatoms. The predicted octanol–water partition coefficient (Wildman–Crippen LogP) is 4.96. The first-order valence-electron chi connectivity index (χ1n) is 13.0. The second-order valence-corrected chi connectivity index (χ2v) is 10.8. The second kappa shape index (κ2) is 11.4. The molecule has 0 unspecified atom stereocenters. The van der Waals surface area contributed by atoms with Gasteiger partial charge in [0.05, 0.1) is 39.7 Å². The fourth-order valence-corrected chi connectivity index (χ4v) is 5.12. The lowest BCUT2D eigenvalue weighted by Gasteiger charge is -2.35. The number of carbonyl (C=O) groups is 2. The molecular formula is C29H28Cl2N6O4. The summed E-state index contributed by atoms with van der Waals surface area (Å²) in [5.74, 6) is 0.360. The summed E-state index contributed by atoms with van der Waals surface area (Å²) >= 11 is 12.2. The summed E-state index contributed by atoms with van der Waals surface area (Å²) in [6, 6.07) is 12.6. The maximum atomic E-state index is 14.0. The van der Waals surface area contributed by atoms with Crippen molar-refractivity contribution in [3.8, 4) is 5.69 Å². The number of hydrogen-bond acceptors (Lipinski definition) is 7. The SMILES string of the molecule is CNC(=O)c1ccc(-n2c(N[C@H](C)c3cc(C)no3)nc3c(c2=O)C[C@@H](C)N(C(=O)c2ccc(Cl)c(Cl)c2)C3)cc1. The smallest absolute Gasteiger partial charge is 0.263 e. The average Bonchev–Trinajstić information content (AvgIpc) is 3.40. The number of carbonyl (C=O) groups excluding carboxylic acids is 2. The number of benzene rings is 2. The van der Waals surface area contributed by atoms with Crippen LogP contribution in [-0.4, -0.2) is 44.5 Å². The number of hydrogen-bond donors (Lipinski definition) is 2. The molecule has 4 aromatic rings. The molecule has 2 amide bonds. The van der Waals surface area contributed by atoms with Crippen LogP contribution in [0.4, 0.5) is 5.95 Å². The van der Waals surface area contributed by atoms with Crippen molar-refractivity contribution in [2.75, 3.05) is 12.4 Å². The summed E-state index contributed by atoms with van der Waals surface area (Å²) < 4.78 is 6.91. The summed E-state index contributed by atoms with van der Waals surface area (Å²) in [7, 11) is 1.56. The van der Waals surface area contributed by atoms with Gasteiger partial charge >= 0.3 is 0 Å².